The minimum Gasteiger partial charge on any atom is -0.493 e. The normalized spacial score (nSPS) is 10.7. The predicted molar refractivity (Wildman–Crippen MR) is 105 cm³/mol. The van der Waals surface area contributed by atoms with Crippen molar-refractivity contribution in [2.24, 2.45) is 5.16 Å². The second kappa shape index (κ2) is 9.29. The van der Waals surface area contributed by atoms with Crippen LogP contribution >= 0.6 is 0 Å². The van der Waals surface area contributed by atoms with Crippen LogP contribution in [-0.4, -0.2) is 31.7 Å². The molecule has 3 aromatic rings. The Hall–Kier alpha value is -3.47. The van der Waals surface area contributed by atoms with Crippen LogP contribution < -0.4 is 14.2 Å². The van der Waals surface area contributed by atoms with Gasteiger partial charge in [-0.25, -0.2) is 0 Å². The highest BCUT2D eigenvalue weighted by Crippen LogP contribution is 2.30. The van der Waals surface area contributed by atoms with Gasteiger partial charge in [0.1, 0.15) is 19.0 Å². The van der Waals surface area contributed by atoms with E-state index in [0.29, 0.717) is 30.3 Å². The molecule has 0 aliphatic heterocycles. The van der Waals surface area contributed by atoms with Crippen LogP contribution in [0.3, 0.4) is 0 Å². The fourth-order valence-corrected chi connectivity index (χ4v) is 2.69. The molecule has 0 spiro atoms. The van der Waals surface area contributed by atoms with E-state index in [0.717, 1.165) is 11.3 Å². The molecule has 1 N–H and O–H groups in total. The smallest absolute Gasteiger partial charge is 0.170 e. The summed E-state index contributed by atoms with van der Waals surface area (Å²) in [6, 6.07) is 23.5. The first-order valence-electron chi connectivity index (χ1n) is 8.57. The summed E-state index contributed by atoms with van der Waals surface area (Å²) in [5, 5.41) is 11.8. The first-order chi connectivity index (χ1) is 13.3. The zero-order valence-corrected chi connectivity index (χ0v) is 15.0. The van der Waals surface area contributed by atoms with E-state index in [4.69, 9.17) is 19.4 Å². The molecule has 0 saturated carbocycles. The van der Waals surface area contributed by atoms with Gasteiger partial charge in [0.05, 0.1) is 13.3 Å². The number of ether oxygens (including phenoxy) is 3. The molecule has 0 heterocycles. The monoisotopic (exact) mass is 363 g/mol. The van der Waals surface area contributed by atoms with E-state index in [1.54, 1.807) is 25.3 Å². The van der Waals surface area contributed by atoms with E-state index in [9.17, 15) is 0 Å². The van der Waals surface area contributed by atoms with Crippen LogP contribution in [0.15, 0.2) is 78.0 Å². The molecule has 0 aliphatic carbocycles. The zero-order chi connectivity index (χ0) is 18.9. The molecule has 5 nitrogen and oxygen atoms in total. The number of para-hydroxylation sites is 1. The van der Waals surface area contributed by atoms with Crippen molar-refractivity contribution in [1.29, 1.82) is 0 Å². The van der Waals surface area contributed by atoms with Crippen LogP contribution in [-0.2, 0) is 0 Å². The molecule has 3 rings (SSSR count). The number of oxime groups is 1. The number of rotatable bonds is 8. The van der Waals surface area contributed by atoms with Crippen LogP contribution in [0.25, 0.3) is 11.1 Å². The maximum atomic E-state index is 8.78. The van der Waals surface area contributed by atoms with Crippen molar-refractivity contribution < 1.29 is 19.4 Å². The van der Waals surface area contributed by atoms with E-state index in [1.165, 1.54) is 11.8 Å². The third-order valence-electron chi connectivity index (χ3n) is 3.99. The molecular formula is C22H21NO4. The Bertz CT molecular complexity index is 877. The summed E-state index contributed by atoms with van der Waals surface area (Å²) in [6.45, 7) is 0.700. The third-order valence-corrected chi connectivity index (χ3v) is 3.99. The van der Waals surface area contributed by atoms with E-state index in [1.807, 2.05) is 42.5 Å². The minimum absolute atomic E-state index is 0.326. The number of hydrogen-bond acceptors (Lipinski definition) is 5. The second-order valence-corrected chi connectivity index (χ2v) is 5.71. The van der Waals surface area contributed by atoms with Crippen LogP contribution in [0.5, 0.6) is 17.2 Å². The van der Waals surface area contributed by atoms with Crippen molar-refractivity contribution in [3.05, 3.63) is 78.4 Å². The molecule has 3 aromatic carbocycles. The van der Waals surface area contributed by atoms with E-state index < -0.39 is 0 Å². The average molecular weight is 363 g/mol. The second-order valence-electron chi connectivity index (χ2n) is 5.71. The lowest BCUT2D eigenvalue weighted by atomic mass is 10.1. The molecule has 0 aliphatic rings. The minimum atomic E-state index is 0.326. The Labute approximate surface area is 158 Å². The fraction of sp³-hybridized carbons (Fsp3) is 0.136. The standard InChI is InChI=1S/C22H21NO4/c1-25-21-9-5-8-19(16-23-24)22(21)27-15-14-26-20-12-10-18(11-13-20)17-6-3-2-4-7-17/h2-13,16,24H,14-15H2,1H3. The number of benzene rings is 3. The van der Waals surface area contributed by atoms with Gasteiger partial charge in [-0.2, -0.15) is 0 Å². The third kappa shape index (κ3) is 4.79. The van der Waals surface area contributed by atoms with Gasteiger partial charge in [-0.3, -0.25) is 0 Å². The van der Waals surface area contributed by atoms with E-state index >= 15 is 0 Å². The molecule has 0 aromatic heterocycles. The van der Waals surface area contributed by atoms with Gasteiger partial charge >= 0.3 is 0 Å². The van der Waals surface area contributed by atoms with Crippen molar-refractivity contribution >= 4 is 6.21 Å². The van der Waals surface area contributed by atoms with Gasteiger partial charge in [0, 0.05) is 5.56 Å². The highest BCUT2D eigenvalue weighted by atomic mass is 16.5. The molecule has 0 saturated heterocycles. The largest absolute Gasteiger partial charge is 0.493 e. The van der Waals surface area contributed by atoms with Crippen LogP contribution in [0.1, 0.15) is 5.56 Å². The topological polar surface area (TPSA) is 60.3 Å². The van der Waals surface area contributed by atoms with Crippen LogP contribution in [0.2, 0.25) is 0 Å². The van der Waals surface area contributed by atoms with Gasteiger partial charge in [0.15, 0.2) is 11.5 Å². The van der Waals surface area contributed by atoms with Gasteiger partial charge < -0.3 is 19.4 Å². The molecule has 0 unspecified atom stereocenters. The molecule has 0 fully saturated rings. The Balaban J connectivity index is 1.56. The van der Waals surface area contributed by atoms with E-state index in [2.05, 4.69) is 17.3 Å². The molecule has 0 atom stereocenters. The van der Waals surface area contributed by atoms with Gasteiger partial charge in [0.2, 0.25) is 0 Å². The van der Waals surface area contributed by atoms with E-state index in [-0.39, 0.29) is 0 Å². The van der Waals surface area contributed by atoms with Crippen molar-refractivity contribution in [1.82, 2.24) is 0 Å². The summed E-state index contributed by atoms with van der Waals surface area (Å²) in [5.41, 5.74) is 2.94. The van der Waals surface area contributed by atoms with Crippen LogP contribution in [0.4, 0.5) is 0 Å². The lowest BCUT2D eigenvalue weighted by Gasteiger charge is -2.13. The molecule has 0 amide bonds. The van der Waals surface area contributed by atoms with Crippen molar-refractivity contribution in [3.8, 4) is 28.4 Å². The lowest BCUT2D eigenvalue weighted by molar-refractivity contribution is 0.211. The average Bonchev–Trinajstić information content (AvgIpc) is 2.73. The van der Waals surface area contributed by atoms with Crippen molar-refractivity contribution in [2.45, 2.75) is 0 Å². The summed E-state index contributed by atoms with van der Waals surface area (Å²) in [6.07, 6.45) is 1.31. The Morgan fingerprint density at radius 3 is 2.22 bits per heavy atom. The Morgan fingerprint density at radius 1 is 0.815 bits per heavy atom. The highest BCUT2D eigenvalue weighted by molar-refractivity contribution is 5.84. The summed E-state index contributed by atoms with van der Waals surface area (Å²) in [4.78, 5) is 0. The van der Waals surface area contributed by atoms with Crippen molar-refractivity contribution in [3.63, 3.8) is 0 Å². The predicted octanol–water partition coefficient (Wildman–Crippen LogP) is 4.63. The molecular weight excluding hydrogens is 342 g/mol. The summed E-state index contributed by atoms with van der Waals surface area (Å²) < 4.78 is 16.8. The maximum Gasteiger partial charge on any atom is 0.170 e. The summed E-state index contributed by atoms with van der Waals surface area (Å²) in [5.74, 6) is 1.86. The lowest BCUT2D eigenvalue weighted by Crippen LogP contribution is -2.10. The highest BCUT2D eigenvalue weighted by Gasteiger charge is 2.09. The van der Waals surface area contributed by atoms with Crippen LogP contribution in [0, 0.1) is 0 Å². The summed E-state index contributed by atoms with van der Waals surface area (Å²) >= 11 is 0. The molecule has 5 heteroatoms. The van der Waals surface area contributed by atoms with Gasteiger partial charge in [-0.15, -0.1) is 0 Å². The van der Waals surface area contributed by atoms with Gasteiger partial charge in [-0.1, -0.05) is 53.7 Å². The SMILES string of the molecule is COc1cccc(C=NO)c1OCCOc1ccc(-c2ccccc2)cc1. The summed E-state index contributed by atoms with van der Waals surface area (Å²) in [7, 11) is 1.56. The molecule has 0 radical (unpaired) electrons. The fourth-order valence-electron chi connectivity index (χ4n) is 2.69. The number of hydrogen-bond donors (Lipinski definition) is 1. The van der Waals surface area contributed by atoms with Gasteiger partial charge in [-0.05, 0) is 35.4 Å². The quantitative estimate of drug-likeness (QED) is 0.274. The Kier molecular flexibility index (Phi) is 6.30. The number of nitrogens with zero attached hydrogens (tertiary/aromatic N) is 1. The van der Waals surface area contributed by atoms with Crippen molar-refractivity contribution in [2.75, 3.05) is 20.3 Å². The maximum absolute atomic E-state index is 8.78. The zero-order valence-electron chi connectivity index (χ0n) is 15.0. The first-order valence-corrected chi connectivity index (χ1v) is 8.57. The molecule has 27 heavy (non-hydrogen) atoms. The number of methoxy groups -OCH3 is 1. The van der Waals surface area contributed by atoms with Gasteiger partial charge in [0.25, 0.3) is 0 Å². The Morgan fingerprint density at radius 2 is 1.52 bits per heavy atom. The first kappa shape index (κ1) is 18.3. The molecule has 138 valence electrons. The molecule has 0 bridgehead atoms.